The summed E-state index contributed by atoms with van der Waals surface area (Å²) in [5.74, 6) is 0.899. The maximum absolute atomic E-state index is 10.5. The zero-order valence-corrected chi connectivity index (χ0v) is 13.6. The molecule has 0 saturated heterocycles. The molecule has 0 aliphatic heterocycles. The van der Waals surface area contributed by atoms with E-state index in [0.29, 0.717) is 13.1 Å². The lowest BCUT2D eigenvalue weighted by atomic mass is 10.1. The van der Waals surface area contributed by atoms with Gasteiger partial charge in [0.2, 0.25) is 0 Å². The van der Waals surface area contributed by atoms with Crippen LogP contribution in [-0.4, -0.2) is 17.8 Å². The molecule has 1 unspecified atom stereocenters. The predicted octanol–water partition coefficient (Wildman–Crippen LogP) is 3.53. The van der Waals surface area contributed by atoms with Gasteiger partial charge in [-0.1, -0.05) is 24.3 Å². The lowest BCUT2D eigenvalue weighted by Crippen LogP contribution is -2.34. The van der Waals surface area contributed by atoms with Crippen molar-refractivity contribution in [1.82, 2.24) is 5.32 Å². The van der Waals surface area contributed by atoms with Crippen LogP contribution < -0.4 is 10.1 Å². The fraction of sp³-hybridized carbons (Fsp3) is 0.412. The summed E-state index contributed by atoms with van der Waals surface area (Å²) in [4.78, 5) is 0.974. The highest BCUT2D eigenvalue weighted by Gasteiger charge is 2.23. The Morgan fingerprint density at radius 1 is 1.24 bits per heavy atom. The van der Waals surface area contributed by atoms with Gasteiger partial charge in [-0.2, -0.15) is 0 Å². The first kappa shape index (κ1) is 16.0. The number of benzene rings is 1. The molecular weight excluding hydrogens is 282 g/mol. The molecular formula is C17H23NO2S. The van der Waals surface area contributed by atoms with Crippen molar-refractivity contribution in [2.45, 2.75) is 39.0 Å². The van der Waals surface area contributed by atoms with Crippen molar-refractivity contribution in [1.29, 1.82) is 0 Å². The highest BCUT2D eigenvalue weighted by atomic mass is 32.1. The topological polar surface area (TPSA) is 41.5 Å². The smallest absolute Gasteiger partial charge is 0.124 e. The lowest BCUT2D eigenvalue weighted by molar-refractivity contribution is 0.0603. The molecule has 0 spiro atoms. The van der Waals surface area contributed by atoms with Crippen molar-refractivity contribution in [3.8, 4) is 5.75 Å². The van der Waals surface area contributed by atoms with Gasteiger partial charge in [0, 0.05) is 23.5 Å². The Kier molecular flexibility index (Phi) is 5.39. The molecule has 0 bridgehead atoms. The molecule has 1 aromatic heterocycles. The second kappa shape index (κ2) is 7.07. The first-order valence-electron chi connectivity index (χ1n) is 7.20. The van der Waals surface area contributed by atoms with Crippen molar-refractivity contribution >= 4 is 11.3 Å². The largest absolute Gasteiger partial charge is 0.491 e. The Morgan fingerprint density at radius 2 is 2.00 bits per heavy atom. The average Bonchev–Trinajstić information content (AvgIpc) is 2.95. The Bertz CT molecular complexity index is 550. The number of aliphatic hydroxyl groups is 1. The number of hydrogen-bond acceptors (Lipinski definition) is 4. The monoisotopic (exact) mass is 305 g/mol. The standard InChI is InChI=1S/C17H23NO2S/c1-13(2)20-15-8-5-4-7-14(15)11-18-12-17(3,19)16-9-6-10-21-16/h4-10,13,18-19H,11-12H2,1-3H3. The van der Waals surface area contributed by atoms with E-state index in [-0.39, 0.29) is 6.10 Å². The number of ether oxygens (including phenoxy) is 1. The van der Waals surface area contributed by atoms with Crippen LogP contribution >= 0.6 is 11.3 Å². The van der Waals surface area contributed by atoms with E-state index in [2.05, 4.69) is 5.32 Å². The Labute approximate surface area is 130 Å². The molecule has 3 nitrogen and oxygen atoms in total. The third-order valence-corrected chi connectivity index (χ3v) is 4.29. The van der Waals surface area contributed by atoms with Crippen LogP contribution in [0.15, 0.2) is 41.8 Å². The van der Waals surface area contributed by atoms with Crippen LogP contribution in [0, 0.1) is 0 Å². The van der Waals surface area contributed by atoms with E-state index in [1.165, 1.54) is 0 Å². The van der Waals surface area contributed by atoms with Gasteiger partial charge in [-0.25, -0.2) is 0 Å². The minimum absolute atomic E-state index is 0.153. The molecule has 0 radical (unpaired) electrons. The Morgan fingerprint density at radius 3 is 2.67 bits per heavy atom. The molecule has 4 heteroatoms. The summed E-state index contributed by atoms with van der Waals surface area (Å²) >= 11 is 1.57. The first-order chi connectivity index (χ1) is 9.99. The Hall–Kier alpha value is -1.36. The molecule has 0 aliphatic rings. The van der Waals surface area contributed by atoms with Crippen LogP contribution in [0.25, 0.3) is 0 Å². The van der Waals surface area contributed by atoms with Crippen LogP contribution in [0.4, 0.5) is 0 Å². The lowest BCUT2D eigenvalue weighted by Gasteiger charge is -2.23. The zero-order valence-electron chi connectivity index (χ0n) is 12.8. The molecule has 2 N–H and O–H groups in total. The molecule has 0 amide bonds. The van der Waals surface area contributed by atoms with Crippen molar-refractivity contribution in [3.05, 3.63) is 52.2 Å². The van der Waals surface area contributed by atoms with Gasteiger partial charge in [0.25, 0.3) is 0 Å². The molecule has 1 heterocycles. The van der Waals surface area contributed by atoms with Crippen molar-refractivity contribution in [3.63, 3.8) is 0 Å². The number of para-hydroxylation sites is 1. The highest BCUT2D eigenvalue weighted by Crippen LogP contribution is 2.25. The van der Waals surface area contributed by atoms with Crippen LogP contribution in [0.5, 0.6) is 5.75 Å². The quantitative estimate of drug-likeness (QED) is 0.822. The normalized spacial score (nSPS) is 14.1. The fourth-order valence-corrected chi connectivity index (χ4v) is 2.92. The molecule has 0 fully saturated rings. The summed E-state index contributed by atoms with van der Waals surface area (Å²) in [7, 11) is 0. The summed E-state index contributed by atoms with van der Waals surface area (Å²) in [6.45, 7) is 7.05. The van der Waals surface area contributed by atoms with Crippen molar-refractivity contribution in [2.24, 2.45) is 0 Å². The summed E-state index contributed by atoms with van der Waals surface area (Å²) in [6.07, 6.45) is 0.153. The summed E-state index contributed by atoms with van der Waals surface area (Å²) in [5, 5.41) is 15.8. The summed E-state index contributed by atoms with van der Waals surface area (Å²) in [5.41, 5.74) is 0.260. The van der Waals surface area contributed by atoms with E-state index < -0.39 is 5.60 Å². The van der Waals surface area contributed by atoms with Crippen LogP contribution in [-0.2, 0) is 12.1 Å². The van der Waals surface area contributed by atoms with Crippen LogP contribution in [0.1, 0.15) is 31.2 Å². The third-order valence-electron chi connectivity index (χ3n) is 3.17. The number of rotatable bonds is 7. The molecule has 2 aromatic rings. The maximum atomic E-state index is 10.5. The number of hydrogen-bond donors (Lipinski definition) is 2. The van der Waals surface area contributed by atoms with E-state index >= 15 is 0 Å². The molecule has 114 valence electrons. The van der Waals surface area contributed by atoms with Gasteiger partial charge in [-0.05, 0) is 38.3 Å². The molecule has 21 heavy (non-hydrogen) atoms. The van der Waals surface area contributed by atoms with Gasteiger partial charge < -0.3 is 15.2 Å². The average molecular weight is 305 g/mol. The highest BCUT2D eigenvalue weighted by molar-refractivity contribution is 7.10. The minimum Gasteiger partial charge on any atom is -0.491 e. The zero-order chi connectivity index (χ0) is 15.3. The van der Waals surface area contributed by atoms with Gasteiger partial charge in [-0.3, -0.25) is 0 Å². The molecule has 1 atom stereocenters. The minimum atomic E-state index is -0.845. The van der Waals surface area contributed by atoms with Crippen LogP contribution in [0.2, 0.25) is 0 Å². The molecule has 0 saturated carbocycles. The number of nitrogens with one attached hydrogen (secondary N) is 1. The van der Waals surface area contributed by atoms with Crippen molar-refractivity contribution in [2.75, 3.05) is 6.54 Å². The second-order valence-corrected chi connectivity index (χ2v) is 6.58. The SMILES string of the molecule is CC(C)Oc1ccccc1CNCC(C)(O)c1cccs1. The van der Waals surface area contributed by atoms with Crippen molar-refractivity contribution < 1.29 is 9.84 Å². The van der Waals surface area contributed by atoms with E-state index in [1.54, 1.807) is 11.3 Å². The fourth-order valence-electron chi connectivity index (χ4n) is 2.13. The first-order valence-corrected chi connectivity index (χ1v) is 8.08. The van der Waals surface area contributed by atoms with Gasteiger partial charge in [0.15, 0.2) is 0 Å². The molecule has 2 rings (SSSR count). The summed E-state index contributed by atoms with van der Waals surface area (Å²) in [6, 6.07) is 11.9. The predicted molar refractivity (Wildman–Crippen MR) is 87.8 cm³/mol. The van der Waals surface area contributed by atoms with E-state index in [0.717, 1.165) is 16.2 Å². The second-order valence-electron chi connectivity index (χ2n) is 5.63. The number of thiophene rings is 1. The third kappa shape index (κ3) is 4.56. The van der Waals surface area contributed by atoms with Crippen LogP contribution in [0.3, 0.4) is 0 Å². The van der Waals surface area contributed by atoms with E-state index in [4.69, 9.17) is 4.74 Å². The van der Waals surface area contributed by atoms with Gasteiger partial charge in [-0.15, -0.1) is 11.3 Å². The molecule has 0 aliphatic carbocycles. The maximum Gasteiger partial charge on any atom is 0.124 e. The summed E-state index contributed by atoms with van der Waals surface area (Å²) < 4.78 is 5.80. The van der Waals surface area contributed by atoms with E-state index in [1.807, 2.05) is 62.5 Å². The van der Waals surface area contributed by atoms with Gasteiger partial charge >= 0.3 is 0 Å². The van der Waals surface area contributed by atoms with Gasteiger partial charge in [0.05, 0.1) is 6.10 Å². The van der Waals surface area contributed by atoms with E-state index in [9.17, 15) is 5.11 Å². The Balaban J connectivity index is 1.95. The van der Waals surface area contributed by atoms with Gasteiger partial charge in [0.1, 0.15) is 11.4 Å². The molecule has 1 aromatic carbocycles.